The number of benzene rings is 2. The summed E-state index contributed by atoms with van der Waals surface area (Å²) in [5.74, 6) is -0.131. The molecular weight excluding hydrogens is 300 g/mol. The molecule has 0 saturated carbocycles. The second kappa shape index (κ2) is 8.87. The van der Waals surface area contributed by atoms with Crippen LogP contribution in [-0.2, 0) is 0 Å². The Balaban J connectivity index is 1.74. The molecule has 0 bridgehead atoms. The average molecular weight is 324 g/mol. The van der Waals surface area contributed by atoms with Crippen molar-refractivity contribution in [3.8, 4) is 0 Å². The second-order valence-corrected chi connectivity index (χ2v) is 6.06. The summed E-state index contributed by atoms with van der Waals surface area (Å²) in [6.45, 7) is 3.96. The first-order valence-electron chi connectivity index (χ1n) is 8.28. The standard InChI is InChI=1S/C20H24N2O2/c1-15(21-19(23)17-9-5-3-6-10-17)13-14-16(2)22-20(24)18-11-7-4-8-12-18/h3-12,15-16H,13-14H2,1-2H3,(H,21,23)(H,22,24)/t15-,16-/m0/s1. The molecule has 0 saturated heterocycles. The lowest BCUT2D eigenvalue weighted by molar-refractivity contribution is 0.0919. The number of amides is 2. The van der Waals surface area contributed by atoms with Crippen LogP contribution >= 0.6 is 0 Å². The number of nitrogens with one attached hydrogen (secondary N) is 2. The number of carbonyl (C=O) groups excluding carboxylic acids is 2. The van der Waals surface area contributed by atoms with Gasteiger partial charge in [-0.2, -0.15) is 0 Å². The normalized spacial score (nSPS) is 12.9. The molecule has 0 aliphatic carbocycles. The highest BCUT2D eigenvalue weighted by molar-refractivity contribution is 5.94. The molecule has 2 atom stereocenters. The minimum Gasteiger partial charge on any atom is -0.350 e. The number of carbonyl (C=O) groups is 2. The zero-order chi connectivity index (χ0) is 17.4. The van der Waals surface area contributed by atoms with Crippen molar-refractivity contribution in [3.63, 3.8) is 0 Å². The lowest BCUT2D eigenvalue weighted by atomic mass is 10.1. The van der Waals surface area contributed by atoms with E-state index < -0.39 is 0 Å². The van der Waals surface area contributed by atoms with Gasteiger partial charge in [-0.25, -0.2) is 0 Å². The number of hydrogen-bond acceptors (Lipinski definition) is 2. The van der Waals surface area contributed by atoms with E-state index in [0.717, 1.165) is 12.8 Å². The van der Waals surface area contributed by atoms with Crippen LogP contribution < -0.4 is 10.6 Å². The van der Waals surface area contributed by atoms with E-state index >= 15 is 0 Å². The van der Waals surface area contributed by atoms with Crippen LogP contribution in [0.15, 0.2) is 60.7 Å². The third kappa shape index (κ3) is 5.54. The lowest BCUT2D eigenvalue weighted by Gasteiger charge is -2.18. The van der Waals surface area contributed by atoms with Crippen LogP contribution in [0.2, 0.25) is 0 Å². The smallest absolute Gasteiger partial charge is 0.251 e. The van der Waals surface area contributed by atoms with Crippen molar-refractivity contribution in [3.05, 3.63) is 71.8 Å². The molecule has 0 unspecified atom stereocenters. The van der Waals surface area contributed by atoms with Crippen molar-refractivity contribution < 1.29 is 9.59 Å². The fourth-order valence-corrected chi connectivity index (χ4v) is 2.44. The molecule has 2 N–H and O–H groups in total. The van der Waals surface area contributed by atoms with Gasteiger partial charge < -0.3 is 10.6 Å². The highest BCUT2D eigenvalue weighted by atomic mass is 16.2. The van der Waals surface area contributed by atoms with Gasteiger partial charge in [-0.3, -0.25) is 9.59 Å². The van der Waals surface area contributed by atoms with Crippen molar-refractivity contribution in [2.45, 2.75) is 38.8 Å². The van der Waals surface area contributed by atoms with E-state index in [9.17, 15) is 9.59 Å². The fourth-order valence-electron chi connectivity index (χ4n) is 2.44. The molecule has 2 rings (SSSR count). The van der Waals surface area contributed by atoms with E-state index in [4.69, 9.17) is 0 Å². The Morgan fingerprint density at radius 3 is 1.38 bits per heavy atom. The van der Waals surface area contributed by atoms with E-state index in [0.29, 0.717) is 11.1 Å². The lowest BCUT2D eigenvalue weighted by Crippen LogP contribution is -2.36. The Labute approximate surface area is 143 Å². The van der Waals surface area contributed by atoms with E-state index in [1.54, 1.807) is 24.3 Å². The van der Waals surface area contributed by atoms with Gasteiger partial charge in [-0.05, 0) is 51.0 Å². The molecule has 4 nitrogen and oxygen atoms in total. The maximum atomic E-state index is 12.1. The van der Waals surface area contributed by atoms with E-state index in [1.807, 2.05) is 50.2 Å². The Hall–Kier alpha value is -2.62. The van der Waals surface area contributed by atoms with Gasteiger partial charge in [-0.1, -0.05) is 36.4 Å². The van der Waals surface area contributed by atoms with E-state index in [-0.39, 0.29) is 23.9 Å². The van der Waals surface area contributed by atoms with Gasteiger partial charge in [0.2, 0.25) is 0 Å². The number of hydrogen-bond donors (Lipinski definition) is 2. The van der Waals surface area contributed by atoms with Crippen LogP contribution in [0.1, 0.15) is 47.4 Å². The Morgan fingerprint density at radius 1 is 0.708 bits per heavy atom. The highest BCUT2D eigenvalue weighted by Gasteiger charge is 2.13. The third-order valence-corrected chi connectivity index (χ3v) is 3.86. The minimum absolute atomic E-state index is 0.0498. The van der Waals surface area contributed by atoms with Crippen LogP contribution in [-0.4, -0.2) is 23.9 Å². The average Bonchev–Trinajstić information content (AvgIpc) is 2.61. The van der Waals surface area contributed by atoms with E-state index in [2.05, 4.69) is 10.6 Å². The van der Waals surface area contributed by atoms with Gasteiger partial charge in [0.25, 0.3) is 11.8 Å². The molecule has 126 valence electrons. The zero-order valence-electron chi connectivity index (χ0n) is 14.2. The topological polar surface area (TPSA) is 58.2 Å². The maximum absolute atomic E-state index is 12.1. The molecule has 2 aromatic carbocycles. The summed E-state index contributed by atoms with van der Waals surface area (Å²) in [5.41, 5.74) is 1.32. The fraction of sp³-hybridized carbons (Fsp3) is 0.300. The molecule has 0 spiro atoms. The van der Waals surface area contributed by atoms with Gasteiger partial charge in [0.15, 0.2) is 0 Å². The molecule has 0 fully saturated rings. The molecule has 0 heterocycles. The predicted octanol–water partition coefficient (Wildman–Crippen LogP) is 3.40. The number of rotatable bonds is 7. The SMILES string of the molecule is C[C@@H](CC[C@H](C)NC(=O)c1ccccc1)NC(=O)c1ccccc1. The van der Waals surface area contributed by atoms with Gasteiger partial charge in [-0.15, -0.1) is 0 Å². The summed E-state index contributed by atoms with van der Waals surface area (Å²) in [6.07, 6.45) is 1.60. The summed E-state index contributed by atoms with van der Waals surface area (Å²) in [6, 6.07) is 18.4. The molecule has 2 amide bonds. The largest absolute Gasteiger partial charge is 0.350 e. The summed E-state index contributed by atoms with van der Waals surface area (Å²) >= 11 is 0. The van der Waals surface area contributed by atoms with Crippen LogP contribution in [0.4, 0.5) is 0 Å². The first kappa shape index (κ1) is 17.7. The molecule has 0 aliphatic rings. The van der Waals surface area contributed by atoms with Gasteiger partial charge in [0.05, 0.1) is 0 Å². The van der Waals surface area contributed by atoms with Gasteiger partial charge in [0.1, 0.15) is 0 Å². The zero-order valence-corrected chi connectivity index (χ0v) is 14.2. The first-order valence-corrected chi connectivity index (χ1v) is 8.28. The summed E-state index contributed by atoms with van der Waals surface area (Å²) in [4.78, 5) is 24.2. The maximum Gasteiger partial charge on any atom is 0.251 e. The molecule has 4 heteroatoms. The summed E-state index contributed by atoms with van der Waals surface area (Å²) in [5, 5.41) is 5.97. The van der Waals surface area contributed by atoms with E-state index in [1.165, 1.54) is 0 Å². The first-order chi connectivity index (χ1) is 11.6. The minimum atomic E-state index is -0.0657. The van der Waals surface area contributed by atoms with Crippen LogP contribution in [0, 0.1) is 0 Å². The predicted molar refractivity (Wildman–Crippen MR) is 96.0 cm³/mol. The van der Waals surface area contributed by atoms with Crippen molar-refractivity contribution in [1.29, 1.82) is 0 Å². The highest BCUT2D eigenvalue weighted by Crippen LogP contribution is 2.06. The summed E-state index contributed by atoms with van der Waals surface area (Å²) in [7, 11) is 0. The monoisotopic (exact) mass is 324 g/mol. The van der Waals surface area contributed by atoms with Crippen LogP contribution in [0.5, 0.6) is 0 Å². The van der Waals surface area contributed by atoms with Crippen molar-refractivity contribution in [1.82, 2.24) is 10.6 Å². The van der Waals surface area contributed by atoms with Gasteiger partial charge in [0, 0.05) is 23.2 Å². The van der Waals surface area contributed by atoms with Gasteiger partial charge >= 0.3 is 0 Å². The Bertz CT molecular complexity index is 596. The van der Waals surface area contributed by atoms with Crippen LogP contribution in [0.25, 0.3) is 0 Å². The molecule has 0 aromatic heterocycles. The molecular formula is C20H24N2O2. The third-order valence-electron chi connectivity index (χ3n) is 3.86. The molecule has 2 aromatic rings. The van der Waals surface area contributed by atoms with Crippen molar-refractivity contribution >= 4 is 11.8 Å². The van der Waals surface area contributed by atoms with Crippen LogP contribution in [0.3, 0.4) is 0 Å². The Kier molecular flexibility index (Phi) is 6.55. The van der Waals surface area contributed by atoms with Crippen molar-refractivity contribution in [2.24, 2.45) is 0 Å². The van der Waals surface area contributed by atoms with Crippen molar-refractivity contribution in [2.75, 3.05) is 0 Å². The molecule has 0 radical (unpaired) electrons. The quantitative estimate of drug-likeness (QED) is 0.820. The Morgan fingerprint density at radius 2 is 1.04 bits per heavy atom. The molecule has 0 aliphatic heterocycles. The molecule has 24 heavy (non-hydrogen) atoms. The second-order valence-electron chi connectivity index (χ2n) is 6.06. The summed E-state index contributed by atoms with van der Waals surface area (Å²) < 4.78 is 0.